The minimum atomic E-state index is -1.08. The van der Waals surface area contributed by atoms with Gasteiger partial charge in [0.25, 0.3) is 0 Å². The molecule has 29 heavy (non-hydrogen) atoms. The fourth-order valence-electron chi connectivity index (χ4n) is 4.89. The lowest BCUT2D eigenvalue weighted by molar-refractivity contribution is -0.734. The molecule has 2 saturated heterocycles. The number of thiophene rings is 1. The van der Waals surface area contributed by atoms with Crippen LogP contribution >= 0.6 is 11.3 Å². The van der Waals surface area contributed by atoms with E-state index in [1.54, 1.807) is 35.6 Å². The van der Waals surface area contributed by atoms with Gasteiger partial charge >= 0.3 is 5.97 Å². The van der Waals surface area contributed by atoms with Gasteiger partial charge in [-0.25, -0.2) is 9.69 Å². The van der Waals surface area contributed by atoms with Gasteiger partial charge in [-0.15, -0.1) is 11.3 Å². The number of methoxy groups -OCH3 is 1. The molecule has 0 spiro atoms. The van der Waals surface area contributed by atoms with E-state index in [0.717, 1.165) is 17.7 Å². The zero-order chi connectivity index (χ0) is 20.6. The predicted octanol–water partition coefficient (Wildman–Crippen LogP) is 2.27. The predicted molar refractivity (Wildman–Crippen MR) is 109 cm³/mol. The zero-order valence-electron chi connectivity index (χ0n) is 16.5. The van der Waals surface area contributed by atoms with Crippen molar-refractivity contribution in [3.05, 3.63) is 52.7 Å². The van der Waals surface area contributed by atoms with Crippen LogP contribution in [-0.4, -0.2) is 30.4 Å². The largest absolute Gasteiger partial charge is 0.464 e. The molecule has 2 aliphatic heterocycles. The highest BCUT2D eigenvalue weighted by molar-refractivity contribution is 7.10. The van der Waals surface area contributed by atoms with Gasteiger partial charge in [-0.05, 0) is 30.0 Å². The number of hydrogen-bond acceptors (Lipinski definition) is 5. The van der Waals surface area contributed by atoms with Crippen LogP contribution in [0.25, 0.3) is 0 Å². The number of esters is 1. The number of carbonyl (C=O) groups is 3. The van der Waals surface area contributed by atoms with Crippen LogP contribution in [0.1, 0.15) is 37.1 Å². The summed E-state index contributed by atoms with van der Waals surface area (Å²) in [6.07, 6.45) is 2.16. The number of quaternary nitrogens is 1. The summed E-state index contributed by atoms with van der Waals surface area (Å²) in [7, 11) is 1.35. The van der Waals surface area contributed by atoms with Gasteiger partial charge in [-0.2, -0.15) is 0 Å². The molecule has 1 aromatic carbocycles. The van der Waals surface area contributed by atoms with Crippen molar-refractivity contribution in [2.45, 2.75) is 37.8 Å². The summed E-state index contributed by atoms with van der Waals surface area (Å²) in [6, 6.07) is 12.6. The van der Waals surface area contributed by atoms with E-state index < -0.39 is 23.3 Å². The van der Waals surface area contributed by atoms with Crippen molar-refractivity contribution in [2.75, 3.05) is 12.0 Å². The number of carbonyl (C=O) groups excluding carboxylic acids is 3. The molecule has 1 aromatic heterocycles. The third kappa shape index (κ3) is 3.00. The molecule has 0 unspecified atom stereocenters. The third-order valence-corrected chi connectivity index (χ3v) is 7.14. The van der Waals surface area contributed by atoms with Crippen LogP contribution in [0.3, 0.4) is 0 Å². The molecular weight excluding hydrogens is 388 g/mol. The van der Waals surface area contributed by atoms with Crippen LogP contribution in [0.2, 0.25) is 0 Å². The molecule has 2 aliphatic rings. The van der Waals surface area contributed by atoms with Crippen molar-refractivity contribution in [3.8, 4) is 0 Å². The summed E-state index contributed by atoms with van der Waals surface area (Å²) in [5.74, 6) is -2.28. The van der Waals surface area contributed by atoms with Crippen LogP contribution in [-0.2, 0) is 19.1 Å². The van der Waals surface area contributed by atoms with Crippen molar-refractivity contribution in [1.82, 2.24) is 0 Å². The average Bonchev–Trinajstić information content (AvgIpc) is 3.44. The van der Waals surface area contributed by atoms with Gasteiger partial charge in [0.1, 0.15) is 17.9 Å². The van der Waals surface area contributed by atoms with Crippen molar-refractivity contribution in [1.29, 1.82) is 0 Å². The minimum absolute atomic E-state index is 0.233. The van der Waals surface area contributed by atoms with Crippen molar-refractivity contribution < 1.29 is 24.4 Å². The molecule has 4 rings (SSSR count). The average molecular weight is 414 g/mol. The number of para-hydroxylation sites is 1. The number of nitrogens with two attached hydrogens (primary N) is 1. The Morgan fingerprint density at radius 2 is 1.93 bits per heavy atom. The second-order valence-corrected chi connectivity index (χ2v) is 8.67. The van der Waals surface area contributed by atoms with E-state index in [1.165, 1.54) is 12.0 Å². The summed E-state index contributed by atoms with van der Waals surface area (Å²) in [6.45, 7) is 2.05. The number of rotatable bonds is 6. The van der Waals surface area contributed by atoms with Crippen molar-refractivity contribution in [3.63, 3.8) is 0 Å². The number of unbranched alkanes of at least 4 members (excludes halogenated alkanes) is 1. The minimum Gasteiger partial charge on any atom is -0.464 e. The van der Waals surface area contributed by atoms with E-state index in [-0.39, 0.29) is 17.9 Å². The Bertz CT molecular complexity index is 914. The standard InChI is InChI=1S/C22H24N2O4S/c1-3-4-12-22(21(27)28-2)17-16(18(23-22)15-11-8-13-29-15)19(25)24(20(17)26)14-9-6-5-7-10-14/h5-11,13,16-18,23H,3-4,12H2,1-2H3/p+1/t16-,17-,18-,22-/m0/s1. The fraction of sp³-hybridized carbons (Fsp3) is 0.409. The second kappa shape index (κ2) is 7.72. The number of benzene rings is 1. The Morgan fingerprint density at radius 1 is 1.17 bits per heavy atom. The van der Waals surface area contributed by atoms with Gasteiger partial charge in [0.05, 0.1) is 17.7 Å². The number of imide groups is 1. The second-order valence-electron chi connectivity index (χ2n) is 7.69. The molecule has 0 saturated carbocycles. The first kappa shape index (κ1) is 19.8. The highest BCUT2D eigenvalue weighted by Gasteiger charge is 2.72. The van der Waals surface area contributed by atoms with Crippen LogP contribution in [0.4, 0.5) is 5.69 Å². The lowest BCUT2D eigenvalue weighted by Crippen LogP contribution is -2.98. The lowest BCUT2D eigenvalue weighted by atomic mass is 9.77. The number of hydrogen-bond donors (Lipinski definition) is 1. The lowest BCUT2D eigenvalue weighted by Gasteiger charge is -2.29. The van der Waals surface area contributed by atoms with E-state index in [9.17, 15) is 14.4 Å². The molecule has 2 amide bonds. The highest BCUT2D eigenvalue weighted by Crippen LogP contribution is 2.48. The topological polar surface area (TPSA) is 80.3 Å². The first-order valence-corrected chi connectivity index (χ1v) is 10.8. The number of fused-ring (bicyclic) bond motifs is 1. The molecule has 2 fully saturated rings. The molecule has 2 aromatic rings. The first-order chi connectivity index (χ1) is 14.0. The Morgan fingerprint density at radius 3 is 2.55 bits per heavy atom. The zero-order valence-corrected chi connectivity index (χ0v) is 17.4. The number of anilines is 1. The Hall–Kier alpha value is -2.51. The van der Waals surface area contributed by atoms with Gasteiger partial charge in [0, 0.05) is 6.42 Å². The van der Waals surface area contributed by atoms with Gasteiger partial charge in [-0.1, -0.05) is 37.6 Å². The smallest absolute Gasteiger partial charge is 0.368 e. The van der Waals surface area contributed by atoms with Gasteiger partial charge < -0.3 is 10.1 Å². The summed E-state index contributed by atoms with van der Waals surface area (Å²) < 4.78 is 5.18. The van der Waals surface area contributed by atoms with Gasteiger partial charge in [-0.3, -0.25) is 9.59 Å². The van der Waals surface area contributed by atoms with E-state index in [4.69, 9.17) is 4.74 Å². The summed E-state index contributed by atoms with van der Waals surface area (Å²) in [5, 5.41) is 3.90. The molecule has 0 bridgehead atoms. The maximum absolute atomic E-state index is 13.6. The maximum atomic E-state index is 13.6. The van der Waals surface area contributed by atoms with Crippen LogP contribution < -0.4 is 10.2 Å². The monoisotopic (exact) mass is 413 g/mol. The fourth-order valence-corrected chi connectivity index (χ4v) is 5.73. The van der Waals surface area contributed by atoms with E-state index in [2.05, 4.69) is 0 Å². The summed E-state index contributed by atoms with van der Waals surface area (Å²) >= 11 is 1.55. The number of amides is 2. The molecule has 0 radical (unpaired) electrons. The summed E-state index contributed by atoms with van der Waals surface area (Å²) in [5.41, 5.74) is -0.531. The molecule has 7 heteroatoms. The van der Waals surface area contributed by atoms with Gasteiger partial charge in [0.2, 0.25) is 17.4 Å². The molecule has 0 aliphatic carbocycles. The molecule has 6 nitrogen and oxygen atoms in total. The quantitative estimate of drug-likeness (QED) is 0.582. The Labute approximate surface area is 173 Å². The first-order valence-electron chi connectivity index (χ1n) is 9.96. The highest BCUT2D eigenvalue weighted by atomic mass is 32.1. The van der Waals surface area contributed by atoms with Gasteiger partial charge in [0.15, 0.2) is 0 Å². The van der Waals surface area contributed by atoms with E-state index in [1.807, 2.05) is 35.8 Å². The van der Waals surface area contributed by atoms with Crippen LogP contribution in [0.15, 0.2) is 47.8 Å². The van der Waals surface area contributed by atoms with E-state index in [0.29, 0.717) is 12.1 Å². The number of nitrogens with zero attached hydrogens (tertiary/aromatic N) is 1. The number of ether oxygens (including phenoxy) is 1. The Kier molecular flexibility index (Phi) is 5.27. The SMILES string of the molecule is CCCC[C@]1(C(=O)OC)[NH2+][C@@H](c2cccs2)[C@H]2C(=O)N(c3ccccc3)C(=O)[C@H]21. The van der Waals surface area contributed by atoms with E-state index >= 15 is 0 Å². The van der Waals surface area contributed by atoms with Crippen molar-refractivity contribution >= 4 is 34.8 Å². The summed E-state index contributed by atoms with van der Waals surface area (Å²) in [4.78, 5) is 42.4. The van der Waals surface area contributed by atoms with Crippen LogP contribution in [0.5, 0.6) is 0 Å². The van der Waals surface area contributed by atoms with Crippen LogP contribution in [0, 0.1) is 11.8 Å². The molecule has 3 heterocycles. The maximum Gasteiger partial charge on any atom is 0.368 e. The third-order valence-electron chi connectivity index (χ3n) is 6.17. The molecule has 2 N–H and O–H groups in total. The molecule has 152 valence electrons. The van der Waals surface area contributed by atoms with Crippen molar-refractivity contribution in [2.24, 2.45) is 11.8 Å². The normalized spacial score (nSPS) is 28.6. The molecule has 4 atom stereocenters. The Balaban J connectivity index is 1.84. The molecular formula is C22H25N2O4S+.